The van der Waals surface area contributed by atoms with Crippen LogP contribution in [0, 0.1) is 13.8 Å². The van der Waals surface area contributed by atoms with Gasteiger partial charge in [-0.15, -0.1) is 0 Å². The lowest BCUT2D eigenvalue weighted by Crippen LogP contribution is -1.93. The summed E-state index contributed by atoms with van der Waals surface area (Å²) in [7, 11) is 0. The van der Waals surface area contributed by atoms with E-state index in [0.717, 1.165) is 61.8 Å². The average Bonchev–Trinajstić information content (AvgIpc) is 3.55. The number of fused-ring (bicyclic) bond motifs is 4. The third-order valence-corrected chi connectivity index (χ3v) is 9.59. The Bertz CT molecular complexity index is 2680. The van der Waals surface area contributed by atoms with Crippen molar-refractivity contribution < 1.29 is 0 Å². The second-order valence-electron chi connectivity index (χ2n) is 12.8. The van der Waals surface area contributed by atoms with Gasteiger partial charge in [-0.2, -0.15) is 0 Å². The molecule has 0 saturated carbocycles. The van der Waals surface area contributed by atoms with E-state index in [0.29, 0.717) is 0 Å². The van der Waals surface area contributed by atoms with Crippen molar-refractivity contribution in [3.63, 3.8) is 0 Å². The van der Waals surface area contributed by atoms with Crippen LogP contribution in [0.4, 0.5) is 0 Å². The van der Waals surface area contributed by atoms with Crippen LogP contribution in [-0.4, -0.2) is 14.4 Å². The van der Waals surface area contributed by atoms with E-state index < -0.39 is 0 Å². The second kappa shape index (κ2) is 11.7. The van der Waals surface area contributed by atoms with E-state index in [4.69, 9.17) is 9.97 Å². The van der Waals surface area contributed by atoms with Crippen LogP contribution in [0.3, 0.4) is 0 Å². The lowest BCUT2D eigenvalue weighted by atomic mass is 9.88. The predicted octanol–water partition coefficient (Wildman–Crippen LogP) is 12.0. The molecule has 0 bridgehead atoms. The molecule has 3 heteroatoms. The molecule has 6 aromatic carbocycles. The lowest BCUT2D eigenvalue weighted by Gasteiger charge is -2.16. The van der Waals surface area contributed by atoms with E-state index in [1.54, 1.807) is 0 Å². The van der Waals surface area contributed by atoms with Gasteiger partial charge in [-0.25, -0.2) is 4.98 Å². The topological polar surface area (TPSA) is 30.2 Å². The van der Waals surface area contributed by atoms with Crippen molar-refractivity contribution in [1.82, 2.24) is 14.4 Å². The summed E-state index contributed by atoms with van der Waals surface area (Å²) in [5.41, 5.74) is 14.2. The van der Waals surface area contributed by atoms with Gasteiger partial charge in [-0.1, -0.05) is 109 Å². The number of aryl methyl sites for hydroxylation is 2. The molecule has 0 saturated heterocycles. The maximum atomic E-state index is 5.10. The van der Waals surface area contributed by atoms with Crippen LogP contribution >= 0.6 is 0 Å². The monoisotopic (exact) mass is 627 g/mol. The van der Waals surface area contributed by atoms with E-state index >= 15 is 0 Å². The number of rotatable bonds is 5. The number of hydrogen-bond donors (Lipinski definition) is 0. The Labute approximate surface area is 285 Å². The highest BCUT2D eigenvalue weighted by atomic mass is 15.0. The van der Waals surface area contributed by atoms with Crippen molar-refractivity contribution in [1.29, 1.82) is 0 Å². The molecule has 3 nitrogen and oxygen atoms in total. The number of benzene rings is 6. The van der Waals surface area contributed by atoms with Gasteiger partial charge in [0.25, 0.3) is 0 Å². The fraction of sp³-hybridized carbons (Fsp3) is 0.0435. The third-order valence-electron chi connectivity index (χ3n) is 9.59. The maximum Gasteiger partial charge on any atom is 0.137 e. The molecule has 9 rings (SSSR count). The van der Waals surface area contributed by atoms with E-state index in [2.05, 4.69) is 170 Å². The van der Waals surface area contributed by atoms with E-state index in [1.807, 2.05) is 12.1 Å². The van der Waals surface area contributed by atoms with Gasteiger partial charge in [-0.3, -0.25) is 9.38 Å². The normalized spacial score (nSPS) is 11.5. The molecule has 0 spiro atoms. The first kappa shape index (κ1) is 28.9. The standard InChI is InChI=1S/C46H33N3/c1-30-22-23-39(31(2)47-30)37-26-36(27-38(28-37)43-29-34-15-6-7-18-40(34)41-19-8-9-20-42(41)43)33-16-12-17-35(25-33)46-45(32-13-4-3-5-14-32)48-44-21-10-11-24-49(44)46/h3-29H,1-2H3. The molecule has 0 aliphatic rings. The van der Waals surface area contributed by atoms with Gasteiger partial charge < -0.3 is 0 Å². The first-order chi connectivity index (χ1) is 24.1. The molecular weight excluding hydrogens is 595 g/mol. The summed E-state index contributed by atoms with van der Waals surface area (Å²) in [5.74, 6) is 0. The number of hydrogen-bond acceptors (Lipinski definition) is 2. The highest BCUT2D eigenvalue weighted by Crippen LogP contribution is 2.41. The van der Waals surface area contributed by atoms with Crippen LogP contribution in [-0.2, 0) is 0 Å². The molecule has 0 aliphatic carbocycles. The van der Waals surface area contributed by atoms with Crippen molar-refractivity contribution in [2.24, 2.45) is 0 Å². The summed E-state index contributed by atoms with van der Waals surface area (Å²) in [6.07, 6.45) is 2.10. The Balaban J connectivity index is 1.29. The molecule has 0 unspecified atom stereocenters. The highest BCUT2D eigenvalue weighted by Gasteiger charge is 2.18. The Hall–Kier alpha value is -6.32. The minimum atomic E-state index is 0.927. The van der Waals surface area contributed by atoms with Crippen LogP contribution in [0.5, 0.6) is 0 Å². The summed E-state index contributed by atoms with van der Waals surface area (Å²) < 4.78 is 2.20. The minimum absolute atomic E-state index is 0.927. The number of aromatic nitrogens is 3. The molecule has 0 atom stereocenters. The number of imidazole rings is 1. The average molecular weight is 628 g/mol. The molecule has 3 heterocycles. The molecule has 232 valence electrons. The van der Waals surface area contributed by atoms with E-state index in [1.165, 1.54) is 32.7 Å². The van der Waals surface area contributed by atoms with Crippen molar-refractivity contribution in [2.75, 3.05) is 0 Å². The van der Waals surface area contributed by atoms with Crippen molar-refractivity contribution >= 4 is 27.2 Å². The zero-order chi connectivity index (χ0) is 32.9. The Morgan fingerprint density at radius 1 is 0.429 bits per heavy atom. The van der Waals surface area contributed by atoms with Crippen molar-refractivity contribution in [2.45, 2.75) is 13.8 Å². The number of nitrogens with zero attached hydrogens (tertiary/aromatic N) is 3. The Morgan fingerprint density at radius 3 is 1.92 bits per heavy atom. The molecule has 0 fully saturated rings. The van der Waals surface area contributed by atoms with Gasteiger partial charge in [0.1, 0.15) is 5.65 Å². The van der Waals surface area contributed by atoms with Crippen LogP contribution < -0.4 is 0 Å². The molecule has 9 aromatic rings. The quantitative estimate of drug-likeness (QED) is 0.178. The summed E-state index contributed by atoms with van der Waals surface area (Å²) in [6, 6.07) is 56.7. The van der Waals surface area contributed by atoms with Crippen molar-refractivity contribution in [3.8, 4) is 55.9 Å². The summed E-state index contributed by atoms with van der Waals surface area (Å²) in [6.45, 7) is 4.16. The van der Waals surface area contributed by atoms with E-state index in [9.17, 15) is 0 Å². The van der Waals surface area contributed by atoms with Gasteiger partial charge in [0.15, 0.2) is 0 Å². The van der Waals surface area contributed by atoms with Crippen LogP contribution in [0.1, 0.15) is 11.4 Å². The fourth-order valence-corrected chi connectivity index (χ4v) is 7.31. The number of pyridine rings is 2. The van der Waals surface area contributed by atoms with Crippen molar-refractivity contribution in [3.05, 3.63) is 175 Å². The first-order valence-electron chi connectivity index (χ1n) is 16.7. The first-order valence-corrected chi connectivity index (χ1v) is 16.7. The summed E-state index contributed by atoms with van der Waals surface area (Å²) >= 11 is 0. The van der Waals surface area contributed by atoms with Gasteiger partial charge in [0, 0.05) is 34.3 Å². The zero-order valence-electron chi connectivity index (χ0n) is 27.4. The summed E-state index contributed by atoms with van der Waals surface area (Å²) in [4.78, 5) is 9.95. The SMILES string of the molecule is Cc1ccc(-c2cc(-c3cccc(-c4c(-c5ccccc5)nc5ccccn45)c3)cc(-c3cc4ccccc4c4ccccc34)c2)c(C)n1. The molecule has 0 aliphatic heterocycles. The predicted molar refractivity (Wildman–Crippen MR) is 205 cm³/mol. The third kappa shape index (κ3) is 5.08. The van der Waals surface area contributed by atoms with E-state index in [-0.39, 0.29) is 0 Å². The highest BCUT2D eigenvalue weighted by molar-refractivity contribution is 6.14. The molecule has 0 N–H and O–H groups in total. The Morgan fingerprint density at radius 2 is 1.08 bits per heavy atom. The van der Waals surface area contributed by atoms with Crippen LogP contribution in [0.25, 0.3) is 83.1 Å². The smallest absolute Gasteiger partial charge is 0.137 e. The Kier molecular flexibility index (Phi) is 6.91. The van der Waals surface area contributed by atoms with Gasteiger partial charge in [0.05, 0.1) is 11.4 Å². The largest absolute Gasteiger partial charge is 0.299 e. The molecular formula is C46H33N3. The maximum absolute atomic E-state index is 5.10. The molecule has 0 radical (unpaired) electrons. The molecule has 49 heavy (non-hydrogen) atoms. The molecule has 0 amide bonds. The zero-order valence-corrected chi connectivity index (χ0v) is 27.4. The van der Waals surface area contributed by atoms with Crippen LogP contribution in [0.15, 0.2) is 164 Å². The fourth-order valence-electron chi connectivity index (χ4n) is 7.31. The lowest BCUT2D eigenvalue weighted by molar-refractivity contribution is 1.13. The second-order valence-corrected chi connectivity index (χ2v) is 12.8. The summed E-state index contributed by atoms with van der Waals surface area (Å²) in [5, 5.41) is 5.01. The minimum Gasteiger partial charge on any atom is -0.299 e. The van der Waals surface area contributed by atoms with Crippen LogP contribution in [0.2, 0.25) is 0 Å². The molecule has 3 aromatic heterocycles. The van der Waals surface area contributed by atoms with Gasteiger partial charge >= 0.3 is 0 Å². The van der Waals surface area contributed by atoms with Gasteiger partial charge in [0.2, 0.25) is 0 Å². The van der Waals surface area contributed by atoms with Gasteiger partial charge in [-0.05, 0) is 112 Å².